The lowest BCUT2D eigenvalue weighted by Gasteiger charge is -2.25. The second kappa shape index (κ2) is 5.72. The van der Waals surface area contributed by atoms with Crippen molar-refractivity contribution in [1.29, 1.82) is 0 Å². The van der Waals surface area contributed by atoms with Crippen LogP contribution in [0.2, 0.25) is 0 Å². The van der Waals surface area contributed by atoms with Crippen molar-refractivity contribution in [1.82, 2.24) is 19.8 Å². The average molecular weight is 303 g/mol. The van der Waals surface area contributed by atoms with Crippen LogP contribution in [0.3, 0.4) is 0 Å². The van der Waals surface area contributed by atoms with Gasteiger partial charge >= 0.3 is 11.7 Å². The summed E-state index contributed by atoms with van der Waals surface area (Å²) in [6, 6.07) is 8.51. The first-order valence-electron chi connectivity index (χ1n) is 7.11. The second-order valence-corrected chi connectivity index (χ2v) is 5.39. The van der Waals surface area contributed by atoms with Crippen LogP contribution in [0.4, 0.5) is 10.5 Å². The van der Waals surface area contributed by atoms with Crippen LogP contribution in [-0.2, 0) is 11.3 Å². The van der Waals surface area contributed by atoms with Gasteiger partial charge < -0.3 is 4.74 Å². The van der Waals surface area contributed by atoms with Gasteiger partial charge in [-0.25, -0.2) is 9.59 Å². The lowest BCUT2D eigenvalue weighted by Crippen LogP contribution is -2.44. The lowest BCUT2D eigenvalue weighted by atomic mass is 10.2. The van der Waals surface area contributed by atoms with Crippen molar-refractivity contribution >= 4 is 11.7 Å². The van der Waals surface area contributed by atoms with E-state index in [0.29, 0.717) is 18.8 Å². The number of rotatable bonds is 4. The number of amides is 1. The molecule has 1 atom stereocenters. The van der Waals surface area contributed by atoms with Gasteiger partial charge in [0.05, 0.1) is 13.2 Å². The van der Waals surface area contributed by atoms with E-state index in [1.54, 1.807) is 0 Å². The summed E-state index contributed by atoms with van der Waals surface area (Å²) in [7, 11) is 0. The van der Waals surface area contributed by atoms with Crippen molar-refractivity contribution < 1.29 is 9.53 Å². The number of benzene rings is 1. The van der Waals surface area contributed by atoms with E-state index in [2.05, 4.69) is 10.4 Å². The van der Waals surface area contributed by atoms with E-state index in [-0.39, 0.29) is 12.1 Å². The van der Waals surface area contributed by atoms with Crippen LogP contribution in [0, 0.1) is 0 Å². The van der Waals surface area contributed by atoms with E-state index in [1.165, 1.54) is 4.90 Å². The molecule has 1 aliphatic heterocycles. The Morgan fingerprint density at radius 2 is 2.05 bits per heavy atom. The molecule has 116 valence electrons. The fraction of sp³-hybridized carbons (Fsp3) is 0.429. The van der Waals surface area contributed by atoms with Crippen LogP contribution in [0.15, 0.2) is 35.1 Å². The smallest absolute Gasteiger partial charge is 0.371 e. The summed E-state index contributed by atoms with van der Waals surface area (Å²) in [4.78, 5) is 26.4. The van der Waals surface area contributed by atoms with E-state index in [4.69, 9.17) is 4.74 Å². The molecule has 8 nitrogen and oxygen atoms in total. The zero-order chi connectivity index (χ0) is 15.7. The van der Waals surface area contributed by atoms with Crippen LogP contribution < -0.4 is 10.6 Å². The molecule has 1 fully saturated rings. The predicted molar refractivity (Wildman–Crippen MR) is 78.9 cm³/mol. The van der Waals surface area contributed by atoms with Gasteiger partial charge in [-0.1, -0.05) is 18.2 Å². The number of tetrazole rings is 1. The highest BCUT2D eigenvalue weighted by Gasteiger charge is 2.28. The summed E-state index contributed by atoms with van der Waals surface area (Å²) in [5.41, 5.74) is 0.150. The SMILES string of the molecule is CC(C)N(C(=O)n1nnn(CC2CO2)c1=O)c1ccccc1. The molecule has 1 saturated heterocycles. The first-order valence-corrected chi connectivity index (χ1v) is 7.11. The molecular weight excluding hydrogens is 286 g/mol. The molecule has 0 N–H and O–H groups in total. The minimum atomic E-state index is -0.554. The maximum atomic E-state index is 12.7. The maximum Gasteiger partial charge on any atom is 0.372 e. The number of para-hydroxylation sites is 1. The van der Waals surface area contributed by atoms with Crippen molar-refractivity contribution in [2.45, 2.75) is 32.5 Å². The third kappa shape index (κ3) is 2.77. The van der Waals surface area contributed by atoms with Crippen LogP contribution in [0.1, 0.15) is 13.8 Å². The highest BCUT2D eigenvalue weighted by atomic mass is 16.6. The van der Waals surface area contributed by atoms with E-state index < -0.39 is 11.7 Å². The molecule has 1 aromatic carbocycles. The highest BCUT2D eigenvalue weighted by Crippen LogP contribution is 2.17. The first-order chi connectivity index (χ1) is 10.6. The highest BCUT2D eigenvalue weighted by molar-refractivity contribution is 5.93. The topological polar surface area (TPSA) is 85.6 Å². The molecule has 1 amide bonds. The largest absolute Gasteiger partial charge is 0.372 e. The molecule has 0 spiro atoms. The Bertz CT molecular complexity index is 718. The molecule has 0 saturated carbocycles. The standard InChI is InChI=1S/C14H17N5O3/c1-10(2)18(11-6-4-3-5-7-11)14(21)19-13(20)17(15-16-19)8-12-9-22-12/h3-7,10,12H,8-9H2,1-2H3. The van der Waals surface area contributed by atoms with Crippen LogP contribution in [0.25, 0.3) is 0 Å². The van der Waals surface area contributed by atoms with E-state index in [1.807, 2.05) is 44.2 Å². The fourth-order valence-corrected chi connectivity index (χ4v) is 2.20. The number of ether oxygens (including phenoxy) is 1. The minimum absolute atomic E-state index is 0.00622. The molecule has 0 aliphatic carbocycles. The monoisotopic (exact) mass is 303 g/mol. The quantitative estimate of drug-likeness (QED) is 0.614. The van der Waals surface area contributed by atoms with Gasteiger partial charge in [0, 0.05) is 11.7 Å². The number of aromatic nitrogens is 4. The fourth-order valence-electron chi connectivity index (χ4n) is 2.20. The molecule has 8 heteroatoms. The Kier molecular flexibility index (Phi) is 3.76. The zero-order valence-electron chi connectivity index (χ0n) is 12.4. The molecule has 22 heavy (non-hydrogen) atoms. The van der Waals surface area contributed by atoms with E-state index in [0.717, 1.165) is 9.36 Å². The van der Waals surface area contributed by atoms with Gasteiger partial charge in [0.15, 0.2) is 0 Å². The summed E-state index contributed by atoms with van der Waals surface area (Å²) in [6.45, 7) is 4.67. The Hall–Kier alpha value is -2.48. The van der Waals surface area contributed by atoms with Gasteiger partial charge in [-0.3, -0.25) is 4.90 Å². The van der Waals surface area contributed by atoms with E-state index >= 15 is 0 Å². The number of nitrogens with zero attached hydrogens (tertiary/aromatic N) is 5. The van der Waals surface area contributed by atoms with E-state index in [9.17, 15) is 9.59 Å². The molecule has 0 bridgehead atoms. The Morgan fingerprint density at radius 1 is 1.36 bits per heavy atom. The van der Waals surface area contributed by atoms with Crippen LogP contribution >= 0.6 is 0 Å². The normalized spacial score (nSPS) is 16.8. The number of epoxide rings is 1. The number of carbonyl (C=O) groups is 1. The van der Waals surface area contributed by atoms with Crippen LogP contribution in [-0.4, -0.2) is 44.6 Å². The van der Waals surface area contributed by atoms with Gasteiger partial charge in [0.1, 0.15) is 6.10 Å². The van der Waals surface area contributed by atoms with Gasteiger partial charge in [0.2, 0.25) is 0 Å². The van der Waals surface area contributed by atoms with Gasteiger partial charge in [-0.2, -0.15) is 4.68 Å². The summed E-state index contributed by atoms with van der Waals surface area (Å²) < 4.78 is 7.00. The van der Waals surface area contributed by atoms with Gasteiger partial charge in [0.25, 0.3) is 0 Å². The molecular formula is C14H17N5O3. The Balaban J connectivity index is 1.90. The Labute approximate surface area is 126 Å². The lowest BCUT2D eigenvalue weighted by molar-refractivity contribution is 0.242. The average Bonchev–Trinajstić information content (AvgIpc) is 3.24. The summed E-state index contributed by atoms with van der Waals surface area (Å²) in [6.07, 6.45) is -0.00622. The Morgan fingerprint density at radius 3 is 2.64 bits per heavy atom. The molecule has 1 aromatic heterocycles. The van der Waals surface area contributed by atoms with Crippen LogP contribution in [0.5, 0.6) is 0 Å². The number of carbonyl (C=O) groups excluding carboxylic acids is 1. The van der Waals surface area contributed by atoms with Gasteiger partial charge in [-0.05, 0) is 36.4 Å². The minimum Gasteiger partial charge on any atom is -0.371 e. The zero-order valence-corrected chi connectivity index (χ0v) is 12.4. The third-order valence-corrected chi connectivity index (χ3v) is 3.36. The molecule has 0 radical (unpaired) electrons. The maximum absolute atomic E-state index is 12.7. The van der Waals surface area contributed by atoms with Crippen molar-refractivity contribution in [2.24, 2.45) is 0 Å². The third-order valence-electron chi connectivity index (χ3n) is 3.36. The first kappa shape index (κ1) is 14.5. The van der Waals surface area contributed by atoms with Crippen molar-refractivity contribution in [3.8, 4) is 0 Å². The second-order valence-electron chi connectivity index (χ2n) is 5.39. The van der Waals surface area contributed by atoms with Crippen molar-refractivity contribution in [2.75, 3.05) is 11.5 Å². The summed E-state index contributed by atoms with van der Waals surface area (Å²) in [5.74, 6) is 0. The van der Waals surface area contributed by atoms with Crippen molar-refractivity contribution in [3.05, 3.63) is 40.8 Å². The molecule has 1 unspecified atom stereocenters. The number of hydrogen-bond acceptors (Lipinski definition) is 5. The number of anilines is 1. The molecule has 2 aromatic rings. The summed E-state index contributed by atoms with van der Waals surface area (Å²) in [5, 5.41) is 7.44. The number of hydrogen-bond donors (Lipinski definition) is 0. The molecule has 2 heterocycles. The predicted octanol–water partition coefficient (Wildman–Crippen LogP) is 0.722. The van der Waals surface area contributed by atoms with Crippen molar-refractivity contribution in [3.63, 3.8) is 0 Å². The summed E-state index contributed by atoms with van der Waals surface area (Å²) >= 11 is 0. The molecule has 3 rings (SSSR count). The molecule has 1 aliphatic rings. The van der Waals surface area contributed by atoms with Gasteiger partial charge in [-0.15, -0.1) is 4.68 Å².